The number of amides is 1. The normalized spacial score (nSPS) is 11.8. The quantitative estimate of drug-likeness (QED) is 0.186. The molecule has 4 rings (SSSR count). The molecule has 0 bridgehead atoms. The summed E-state index contributed by atoms with van der Waals surface area (Å²) < 4.78 is 34.3. The lowest BCUT2D eigenvalue weighted by molar-refractivity contribution is -0.112. The number of halogens is 1. The molecule has 1 aromatic heterocycles. The molecule has 4 aromatic rings. The van der Waals surface area contributed by atoms with E-state index in [1.165, 1.54) is 10.4 Å². The van der Waals surface area contributed by atoms with Gasteiger partial charge in [0, 0.05) is 23.3 Å². The molecule has 1 N–H and O–H groups in total. The van der Waals surface area contributed by atoms with Gasteiger partial charge < -0.3 is 9.73 Å². The first-order valence-corrected chi connectivity index (χ1v) is 13.9. The topological polar surface area (TPSA) is 103 Å². The zero-order valence-electron chi connectivity index (χ0n) is 21.4. The summed E-state index contributed by atoms with van der Waals surface area (Å²) in [4.78, 5) is 12.8. The van der Waals surface area contributed by atoms with Crippen molar-refractivity contribution in [1.29, 1.82) is 5.26 Å². The van der Waals surface area contributed by atoms with Crippen molar-refractivity contribution in [1.82, 2.24) is 4.31 Å². The van der Waals surface area contributed by atoms with E-state index in [4.69, 9.17) is 16.0 Å². The molecule has 1 amide bonds. The maximum absolute atomic E-state index is 13.6. The van der Waals surface area contributed by atoms with Crippen LogP contribution in [0.2, 0.25) is 5.02 Å². The summed E-state index contributed by atoms with van der Waals surface area (Å²) in [6.07, 6.45) is 1.32. The van der Waals surface area contributed by atoms with Crippen LogP contribution in [-0.2, 0) is 27.9 Å². The predicted molar refractivity (Wildman–Crippen MR) is 151 cm³/mol. The number of anilines is 1. The molecular formula is C30H26ClN3O4S. The number of aryl methyl sites for hydroxylation is 2. The largest absolute Gasteiger partial charge is 0.460 e. The number of hydrogen-bond donors (Lipinski definition) is 1. The van der Waals surface area contributed by atoms with Gasteiger partial charge in [-0.2, -0.15) is 9.57 Å². The zero-order chi connectivity index (χ0) is 28.0. The summed E-state index contributed by atoms with van der Waals surface area (Å²) in [6, 6.07) is 25.9. The summed E-state index contributed by atoms with van der Waals surface area (Å²) in [5, 5.41) is 12.8. The van der Waals surface area contributed by atoms with Crippen LogP contribution in [0.4, 0.5) is 5.69 Å². The molecular weight excluding hydrogens is 534 g/mol. The van der Waals surface area contributed by atoms with E-state index in [2.05, 4.69) is 5.32 Å². The lowest BCUT2D eigenvalue weighted by atomic mass is 10.2. The van der Waals surface area contributed by atoms with Gasteiger partial charge in [-0.15, -0.1) is 0 Å². The van der Waals surface area contributed by atoms with Crippen molar-refractivity contribution in [2.75, 3.05) is 5.32 Å². The first-order valence-electron chi connectivity index (χ1n) is 12.0. The molecule has 0 aliphatic carbocycles. The third kappa shape index (κ3) is 7.24. The molecule has 9 heteroatoms. The van der Waals surface area contributed by atoms with Crippen LogP contribution in [0.25, 0.3) is 6.08 Å². The van der Waals surface area contributed by atoms with Crippen molar-refractivity contribution in [2.45, 2.75) is 31.8 Å². The predicted octanol–water partition coefficient (Wildman–Crippen LogP) is 6.49. The van der Waals surface area contributed by atoms with E-state index >= 15 is 0 Å². The van der Waals surface area contributed by atoms with Crippen molar-refractivity contribution in [2.24, 2.45) is 0 Å². The second kappa shape index (κ2) is 12.1. The molecule has 0 aliphatic heterocycles. The number of carbonyl (C=O) groups excluding carboxylic acids is 1. The summed E-state index contributed by atoms with van der Waals surface area (Å²) in [6.45, 7) is 3.84. The molecule has 0 saturated heterocycles. The minimum absolute atomic E-state index is 0.0654. The van der Waals surface area contributed by atoms with Crippen molar-refractivity contribution in [3.05, 3.63) is 124 Å². The van der Waals surface area contributed by atoms with Crippen LogP contribution in [0.1, 0.15) is 28.2 Å². The maximum Gasteiger partial charge on any atom is 0.266 e. The molecule has 0 radical (unpaired) electrons. The van der Waals surface area contributed by atoms with Crippen LogP contribution in [0.5, 0.6) is 0 Å². The Morgan fingerprint density at radius 1 is 0.923 bits per heavy atom. The fraction of sp³-hybridized carbons (Fsp3) is 0.133. The Kier molecular flexibility index (Phi) is 8.67. The number of nitrogens with one attached hydrogen (secondary N) is 1. The standard InChI is InChI=1S/C30H26ClN3O4S/c1-21-3-11-26(12-4-21)33-30(35)24(18-32)17-27-13-14-28(38-27)20-34(19-23-7-9-25(31)10-8-23)39(36,37)29-15-5-22(2)6-16-29/h3-17H,19-20H2,1-2H3,(H,33,35)/b24-17-. The fourth-order valence-electron chi connectivity index (χ4n) is 3.74. The number of rotatable bonds is 9. The van der Waals surface area contributed by atoms with Gasteiger partial charge in [0.05, 0.1) is 11.4 Å². The molecule has 0 atom stereocenters. The Labute approximate surface area is 233 Å². The molecule has 0 spiro atoms. The van der Waals surface area contributed by atoms with Crippen molar-refractivity contribution < 1.29 is 17.6 Å². The lowest BCUT2D eigenvalue weighted by Crippen LogP contribution is -2.30. The van der Waals surface area contributed by atoms with Gasteiger partial charge in [0.1, 0.15) is 23.2 Å². The van der Waals surface area contributed by atoms with Gasteiger partial charge in [0.2, 0.25) is 10.0 Å². The number of sulfonamides is 1. The molecule has 1 heterocycles. The smallest absolute Gasteiger partial charge is 0.266 e. The monoisotopic (exact) mass is 559 g/mol. The summed E-state index contributed by atoms with van der Waals surface area (Å²) in [5.74, 6) is 0.0209. The zero-order valence-corrected chi connectivity index (χ0v) is 23.0. The summed E-state index contributed by atoms with van der Waals surface area (Å²) in [5.41, 5.74) is 3.15. The van der Waals surface area contributed by atoms with Crippen LogP contribution >= 0.6 is 11.6 Å². The van der Waals surface area contributed by atoms with Crippen molar-refractivity contribution in [3.8, 4) is 6.07 Å². The summed E-state index contributed by atoms with van der Waals surface area (Å²) in [7, 11) is -3.89. The molecule has 3 aromatic carbocycles. The average Bonchev–Trinajstić information content (AvgIpc) is 3.36. The van der Waals surface area contributed by atoms with Gasteiger partial charge in [-0.05, 0) is 67.9 Å². The highest BCUT2D eigenvalue weighted by molar-refractivity contribution is 7.89. The third-order valence-electron chi connectivity index (χ3n) is 5.91. The second-order valence-corrected chi connectivity index (χ2v) is 11.4. The number of hydrogen-bond acceptors (Lipinski definition) is 5. The highest BCUT2D eigenvalue weighted by atomic mass is 35.5. The highest BCUT2D eigenvalue weighted by Gasteiger charge is 2.26. The molecule has 0 aliphatic rings. The van der Waals surface area contributed by atoms with Gasteiger partial charge in [-0.1, -0.05) is 59.1 Å². The number of furan rings is 1. The Hall–Kier alpha value is -4.16. The van der Waals surface area contributed by atoms with Gasteiger partial charge in [0.15, 0.2) is 0 Å². The van der Waals surface area contributed by atoms with Crippen LogP contribution in [0, 0.1) is 25.2 Å². The number of carbonyl (C=O) groups is 1. The SMILES string of the molecule is Cc1ccc(NC(=O)/C(C#N)=C\c2ccc(CN(Cc3ccc(Cl)cc3)S(=O)(=O)c3ccc(C)cc3)o2)cc1. The Morgan fingerprint density at radius 3 is 2.15 bits per heavy atom. The lowest BCUT2D eigenvalue weighted by Gasteiger charge is -2.21. The fourth-order valence-corrected chi connectivity index (χ4v) is 5.26. The molecule has 0 fully saturated rings. The van der Waals surface area contributed by atoms with Crippen LogP contribution in [0.15, 0.2) is 99.8 Å². The average molecular weight is 560 g/mol. The minimum Gasteiger partial charge on any atom is -0.460 e. The maximum atomic E-state index is 13.6. The number of nitrogens with zero attached hydrogens (tertiary/aromatic N) is 2. The van der Waals surface area contributed by atoms with Gasteiger partial charge in [-0.25, -0.2) is 8.42 Å². The van der Waals surface area contributed by atoms with E-state index < -0.39 is 15.9 Å². The van der Waals surface area contributed by atoms with E-state index in [0.29, 0.717) is 16.5 Å². The molecule has 39 heavy (non-hydrogen) atoms. The highest BCUT2D eigenvalue weighted by Crippen LogP contribution is 2.24. The molecule has 198 valence electrons. The Morgan fingerprint density at radius 2 is 1.54 bits per heavy atom. The number of benzene rings is 3. The van der Waals surface area contributed by atoms with E-state index in [-0.39, 0.29) is 29.3 Å². The van der Waals surface area contributed by atoms with Crippen LogP contribution in [0.3, 0.4) is 0 Å². The third-order valence-corrected chi connectivity index (χ3v) is 7.96. The first kappa shape index (κ1) is 27.9. The summed E-state index contributed by atoms with van der Waals surface area (Å²) >= 11 is 6.00. The first-order chi connectivity index (χ1) is 18.6. The van der Waals surface area contributed by atoms with E-state index in [9.17, 15) is 18.5 Å². The van der Waals surface area contributed by atoms with E-state index in [1.54, 1.807) is 72.8 Å². The van der Waals surface area contributed by atoms with Crippen molar-refractivity contribution >= 4 is 39.3 Å². The number of nitriles is 1. The molecule has 0 saturated carbocycles. The van der Waals surface area contributed by atoms with Crippen LogP contribution < -0.4 is 5.32 Å². The van der Waals surface area contributed by atoms with E-state index in [1.807, 2.05) is 32.0 Å². The Balaban J connectivity index is 1.57. The van der Waals surface area contributed by atoms with Gasteiger partial charge in [0.25, 0.3) is 5.91 Å². The van der Waals surface area contributed by atoms with E-state index in [0.717, 1.165) is 16.7 Å². The van der Waals surface area contributed by atoms with Crippen molar-refractivity contribution in [3.63, 3.8) is 0 Å². The van der Waals surface area contributed by atoms with Gasteiger partial charge in [-0.3, -0.25) is 4.79 Å². The molecule has 0 unspecified atom stereocenters. The minimum atomic E-state index is -3.89. The molecule has 7 nitrogen and oxygen atoms in total. The Bertz CT molecular complexity index is 1630. The van der Waals surface area contributed by atoms with Gasteiger partial charge >= 0.3 is 0 Å². The second-order valence-electron chi connectivity index (χ2n) is 9.01. The van der Waals surface area contributed by atoms with Crippen LogP contribution in [-0.4, -0.2) is 18.6 Å².